The van der Waals surface area contributed by atoms with Crippen LogP contribution in [0, 0.1) is 0 Å². The largest absolute Gasteiger partial charge is 0.385 e. The third-order valence-corrected chi connectivity index (χ3v) is 4.67. The van der Waals surface area contributed by atoms with Crippen LogP contribution in [-0.2, 0) is 11.3 Å². The number of nitrogens with zero attached hydrogens (tertiary/aromatic N) is 3. The zero-order chi connectivity index (χ0) is 15.8. The van der Waals surface area contributed by atoms with E-state index in [9.17, 15) is 0 Å². The smallest absolute Gasteiger partial charge is 0.191 e. The summed E-state index contributed by atoms with van der Waals surface area (Å²) in [6.07, 6.45) is 3.28. The number of hydrogen-bond acceptors (Lipinski definition) is 4. The van der Waals surface area contributed by atoms with Crippen molar-refractivity contribution in [3.63, 3.8) is 0 Å². The van der Waals surface area contributed by atoms with Crippen LogP contribution in [0.5, 0.6) is 0 Å². The number of benzene rings is 1. The van der Waals surface area contributed by atoms with Gasteiger partial charge in [0.15, 0.2) is 11.0 Å². The molecule has 1 aromatic carbocycles. The summed E-state index contributed by atoms with van der Waals surface area (Å²) in [6, 6.07) is 7.77. The molecule has 2 aromatic rings. The van der Waals surface area contributed by atoms with E-state index in [4.69, 9.17) is 16.3 Å². The molecule has 1 aromatic heterocycles. The zero-order valence-electron chi connectivity index (χ0n) is 13.1. The molecule has 0 aliphatic carbocycles. The summed E-state index contributed by atoms with van der Waals surface area (Å²) < 4.78 is 7.31. The Labute approximate surface area is 141 Å². The minimum absolute atomic E-state index is 0.702. The predicted octanol–water partition coefficient (Wildman–Crippen LogP) is 4.53. The first-order valence-corrected chi connectivity index (χ1v) is 8.94. The third kappa shape index (κ3) is 4.48. The van der Waals surface area contributed by atoms with Gasteiger partial charge in [0.05, 0.1) is 5.02 Å². The molecule has 0 radical (unpaired) electrons. The molecule has 0 saturated heterocycles. The first-order chi connectivity index (χ1) is 10.8. The molecule has 4 nitrogen and oxygen atoms in total. The summed E-state index contributed by atoms with van der Waals surface area (Å²) in [4.78, 5) is 0. The summed E-state index contributed by atoms with van der Waals surface area (Å²) in [6.45, 7) is 3.74. The summed E-state index contributed by atoms with van der Waals surface area (Å²) in [5.74, 6) is 1.89. The van der Waals surface area contributed by atoms with Crippen molar-refractivity contribution in [2.75, 3.05) is 19.5 Å². The van der Waals surface area contributed by atoms with Gasteiger partial charge in [0, 0.05) is 31.6 Å². The summed E-state index contributed by atoms with van der Waals surface area (Å²) in [7, 11) is 1.72. The Kier molecular flexibility index (Phi) is 7.22. The van der Waals surface area contributed by atoms with Crippen LogP contribution in [0.25, 0.3) is 11.4 Å². The highest BCUT2D eigenvalue weighted by molar-refractivity contribution is 7.99. The summed E-state index contributed by atoms with van der Waals surface area (Å²) in [5.41, 5.74) is 0.927. The fourth-order valence-electron chi connectivity index (χ4n) is 2.11. The molecule has 120 valence electrons. The summed E-state index contributed by atoms with van der Waals surface area (Å²) in [5, 5.41) is 10.4. The maximum Gasteiger partial charge on any atom is 0.191 e. The van der Waals surface area contributed by atoms with Crippen molar-refractivity contribution < 1.29 is 4.74 Å². The number of ether oxygens (including phenoxy) is 1. The molecule has 0 bridgehead atoms. The van der Waals surface area contributed by atoms with Gasteiger partial charge in [-0.05, 0) is 25.0 Å². The lowest BCUT2D eigenvalue weighted by molar-refractivity contribution is 0.189. The minimum Gasteiger partial charge on any atom is -0.385 e. The molecule has 6 heteroatoms. The second-order valence-electron chi connectivity index (χ2n) is 4.99. The maximum atomic E-state index is 6.32. The van der Waals surface area contributed by atoms with Crippen molar-refractivity contribution in [3.05, 3.63) is 29.3 Å². The van der Waals surface area contributed by atoms with Crippen molar-refractivity contribution in [3.8, 4) is 11.4 Å². The molecule has 0 saturated carbocycles. The van der Waals surface area contributed by atoms with Gasteiger partial charge in [0.1, 0.15) is 0 Å². The Hall–Kier alpha value is -1.04. The van der Waals surface area contributed by atoms with E-state index in [1.807, 2.05) is 24.3 Å². The predicted molar refractivity (Wildman–Crippen MR) is 92.6 cm³/mol. The topological polar surface area (TPSA) is 39.9 Å². The van der Waals surface area contributed by atoms with E-state index < -0.39 is 0 Å². The average Bonchev–Trinajstić information content (AvgIpc) is 2.91. The molecular weight excluding hydrogens is 318 g/mol. The third-order valence-electron chi connectivity index (χ3n) is 3.29. The molecule has 0 unspecified atom stereocenters. The van der Waals surface area contributed by atoms with Gasteiger partial charge in [0.2, 0.25) is 0 Å². The quantitative estimate of drug-likeness (QED) is 0.497. The van der Waals surface area contributed by atoms with Crippen LogP contribution < -0.4 is 0 Å². The lowest BCUT2D eigenvalue weighted by Gasteiger charge is -2.10. The summed E-state index contributed by atoms with van der Waals surface area (Å²) >= 11 is 8.07. The van der Waals surface area contributed by atoms with Gasteiger partial charge in [-0.1, -0.05) is 48.8 Å². The molecule has 0 fully saturated rings. The molecule has 0 amide bonds. The van der Waals surface area contributed by atoms with Crippen LogP contribution in [0.3, 0.4) is 0 Å². The van der Waals surface area contributed by atoms with Crippen LogP contribution >= 0.6 is 23.4 Å². The first-order valence-electron chi connectivity index (χ1n) is 7.57. The fraction of sp³-hybridized carbons (Fsp3) is 0.500. The molecule has 0 atom stereocenters. The average molecular weight is 340 g/mol. The monoisotopic (exact) mass is 339 g/mol. The van der Waals surface area contributed by atoms with Crippen LogP contribution in [0.1, 0.15) is 26.2 Å². The molecule has 0 aliphatic rings. The second kappa shape index (κ2) is 9.18. The molecule has 22 heavy (non-hydrogen) atoms. The number of thioether (sulfide) groups is 1. The Balaban J connectivity index is 2.26. The Bertz CT molecular complexity index is 589. The number of rotatable bonds is 9. The second-order valence-corrected chi connectivity index (χ2v) is 6.46. The van der Waals surface area contributed by atoms with Gasteiger partial charge in [-0.3, -0.25) is 0 Å². The molecule has 0 spiro atoms. The Morgan fingerprint density at radius 3 is 2.77 bits per heavy atom. The van der Waals surface area contributed by atoms with Crippen molar-refractivity contribution in [2.24, 2.45) is 0 Å². The van der Waals surface area contributed by atoms with Gasteiger partial charge < -0.3 is 9.30 Å². The van der Waals surface area contributed by atoms with E-state index in [-0.39, 0.29) is 0 Å². The lowest BCUT2D eigenvalue weighted by Crippen LogP contribution is -2.05. The first kappa shape index (κ1) is 17.3. The van der Waals surface area contributed by atoms with Gasteiger partial charge in [-0.25, -0.2) is 0 Å². The number of hydrogen-bond donors (Lipinski definition) is 0. The van der Waals surface area contributed by atoms with E-state index in [1.165, 1.54) is 12.8 Å². The maximum absolute atomic E-state index is 6.32. The highest BCUT2D eigenvalue weighted by Gasteiger charge is 2.15. The van der Waals surface area contributed by atoms with Crippen LogP contribution in [0.15, 0.2) is 29.4 Å². The SMILES string of the molecule is CCCCSc1nnc(-c2ccccc2Cl)n1CCCOC. The lowest BCUT2D eigenvalue weighted by atomic mass is 10.2. The highest BCUT2D eigenvalue weighted by atomic mass is 35.5. The fourth-order valence-corrected chi connectivity index (χ4v) is 3.38. The van der Waals surface area contributed by atoms with Gasteiger partial charge in [-0.2, -0.15) is 0 Å². The van der Waals surface area contributed by atoms with E-state index in [0.29, 0.717) is 5.02 Å². The van der Waals surface area contributed by atoms with Gasteiger partial charge >= 0.3 is 0 Å². The number of methoxy groups -OCH3 is 1. The van der Waals surface area contributed by atoms with Crippen molar-refractivity contribution >= 4 is 23.4 Å². The highest BCUT2D eigenvalue weighted by Crippen LogP contribution is 2.29. The van der Waals surface area contributed by atoms with E-state index >= 15 is 0 Å². The number of unbranched alkanes of at least 4 members (excludes halogenated alkanes) is 1. The molecule has 1 heterocycles. The zero-order valence-corrected chi connectivity index (χ0v) is 14.7. The van der Waals surface area contributed by atoms with Gasteiger partial charge in [-0.15, -0.1) is 10.2 Å². The van der Waals surface area contributed by atoms with Gasteiger partial charge in [0.25, 0.3) is 0 Å². The minimum atomic E-state index is 0.702. The number of halogens is 1. The molecule has 2 rings (SSSR count). The van der Waals surface area contributed by atoms with Crippen LogP contribution in [0.2, 0.25) is 5.02 Å². The standard InChI is InChI=1S/C16H22ClN3OS/c1-3-4-12-22-16-19-18-15(20(16)10-7-11-21-2)13-8-5-6-9-14(13)17/h5-6,8-9H,3-4,7,10-12H2,1-2H3. The Morgan fingerprint density at radius 1 is 1.23 bits per heavy atom. The van der Waals surface area contributed by atoms with Crippen molar-refractivity contribution in [2.45, 2.75) is 37.9 Å². The molecule has 0 N–H and O–H groups in total. The number of aromatic nitrogens is 3. The Morgan fingerprint density at radius 2 is 2.05 bits per heavy atom. The van der Waals surface area contributed by atoms with Crippen LogP contribution in [0.4, 0.5) is 0 Å². The van der Waals surface area contributed by atoms with E-state index in [2.05, 4.69) is 21.7 Å². The van der Waals surface area contributed by atoms with E-state index in [0.717, 1.165) is 41.9 Å². The van der Waals surface area contributed by atoms with Crippen molar-refractivity contribution in [1.29, 1.82) is 0 Å². The normalized spacial score (nSPS) is 11.0. The van der Waals surface area contributed by atoms with E-state index in [1.54, 1.807) is 18.9 Å². The molecule has 0 aliphatic heterocycles. The van der Waals surface area contributed by atoms with Crippen molar-refractivity contribution in [1.82, 2.24) is 14.8 Å². The molecular formula is C16H22ClN3OS. The van der Waals surface area contributed by atoms with Crippen LogP contribution in [-0.4, -0.2) is 34.2 Å².